The van der Waals surface area contributed by atoms with Crippen molar-refractivity contribution < 1.29 is 4.79 Å². The van der Waals surface area contributed by atoms with E-state index in [0.29, 0.717) is 23.7 Å². The highest BCUT2D eigenvalue weighted by Crippen LogP contribution is 2.23. The van der Waals surface area contributed by atoms with E-state index >= 15 is 0 Å². The Hall–Kier alpha value is -1.14. The second-order valence-corrected chi connectivity index (χ2v) is 6.28. The van der Waals surface area contributed by atoms with Gasteiger partial charge in [-0.15, -0.1) is 0 Å². The average Bonchev–Trinajstić information content (AvgIpc) is 2.49. The van der Waals surface area contributed by atoms with E-state index in [2.05, 4.69) is 27.6 Å². The zero-order chi connectivity index (χ0) is 14.1. The van der Waals surface area contributed by atoms with E-state index in [1.54, 1.807) is 12.3 Å². The quantitative estimate of drug-likeness (QED) is 0.689. The molecular formula is C15H12ClIN2O. The zero-order valence-corrected chi connectivity index (χ0v) is 13.6. The van der Waals surface area contributed by atoms with E-state index in [9.17, 15) is 4.79 Å². The molecule has 2 aromatic rings. The lowest BCUT2D eigenvalue weighted by Gasteiger charge is -2.28. The van der Waals surface area contributed by atoms with E-state index < -0.39 is 0 Å². The first kappa shape index (κ1) is 13.8. The molecular weight excluding hydrogens is 387 g/mol. The number of nitrogens with zero attached hydrogens (tertiary/aromatic N) is 2. The van der Waals surface area contributed by atoms with Crippen LogP contribution in [0.3, 0.4) is 0 Å². The molecule has 0 unspecified atom stereocenters. The molecule has 0 spiro atoms. The molecule has 0 fully saturated rings. The van der Waals surface area contributed by atoms with Gasteiger partial charge in [0.1, 0.15) is 0 Å². The number of carbonyl (C=O) groups is 1. The van der Waals surface area contributed by atoms with Gasteiger partial charge in [0.05, 0.1) is 5.02 Å². The standard InChI is InChI=1S/C15H12ClIN2O/c16-12-8-10(3-4-13(12)17)15(20)19-7-5-14-11(9-19)2-1-6-18-14/h1-4,6,8H,5,7,9H2. The maximum Gasteiger partial charge on any atom is 0.254 e. The lowest BCUT2D eigenvalue weighted by atomic mass is 10.0. The lowest BCUT2D eigenvalue weighted by Crippen LogP contribution is -2.36. The van der Waals surface area contributed by atoms with Crippen LogP contribution >= 0.6 is 34.2 Å². The van der Waals surface area contributed by atoms with E-state index in [-0.39, 0.29) is 5.91 Å². The summed E-state index contributed by atoms with van der Waals surface area (Å²) in [7, 11) is 0. The van der Waals surface area contributed by atoms with Gasteiger partial charge in [-0.1, -0.05) is 17.7 Å². The van der Waals surface area contributed by atoms with Gasteiger partial charge in [0.2, 0.25) is 0 Å². The molecule has 1 aromatic carbocycles. The summed E-state index contributed by atoms with van der Waals surface area (Å²) < 4.78 is 0.953. The maximum atomic E-state index is 12.5. The Labute approximate surface area is 136 Å². The van der Waals surface area contributed by atoms with Crippen molar-refractivity contribution in [3.8, 4) is 0 Å². The molecule has 0 atom stereocenters. The van der Waals surface area contributed by atoms with Crippen LogP contribution < -0.4 is 0 Å². The number of rotatable bonds is 1. The van der Waals surface area contributed by atoms with E-state index in [1.807, 2.05) is 29.2 Å². The summed E-state index contributed by atoms with van der Waals surface area (Å²) >= 11 is 8.24. The van der Waals surface area contributed by atoms with Crippen molar-refractivity contribution in [1.29, 1.82) is 0 Å². The minimum atomic E-state index is 0.0257. The number of hydrogen-bond acceptors (Lipinski definition) is 2. The van der Waals surface area contributed by atoms with Crippen molar-refractivity contribution in [2.75, 3.05) is 6.54 Å². The topological polar surface area (TPSA) is 33.2 Å². The summed E-state index contributed by atoms with van der Waals surface area (Å²) in [6, 6.07) is 9.38. The van der Waals surface area contributed by atoms with Gasteiger partial charge in [-0.25, -0.2) is 0 Å². The van der Waals surface area contributed by atoms with Gasteiger partial charge in [-0.05, 0) is 52.4 Å². The van der Waals surface area contributed by atoms with E-state index in [0.717, 1.165) is 21.2 Å². The molecule has 5 heteroatoms. The van der Waals surface area contributed by atoms with Crippen LogP contribution in [-0.2, 0) is 13.0 Å². The molecule has 102 valence electrons. The summed E-state index contributed by atoms with van der Waals surface area (Å²) in [6.07, 6.45) is 2.61. The highest BCUT2D eigenvalue weighted by atomic mass is 127. The summed E-state index contributed by atoms with van der Waals surface area (Å²) in [6.45, 7) is 1.32. The van der Waals surface area contributed by atoms with Crippen molar-refractivity contribution in [3.05, 3.63) is 61.9 Å². The van der Waals surface area contributed by atoms with Gasteiger partial charge in [-0.3, -0.25) is 9.78 Å². The van der Waals surface area contributed by atoms with Gasteiger partial charge >= 0.3 is 0 Å². The minimum absolute atomic E-state index is 0.0257. The SMILES string of the molecule is O=C(c1ccc(I)c(Cl)c1)N1CCc2ncccc2C1. The molecule has 0 aliphatic carbocycles. The molecule has 1 aromatic heterocycles. The fourth-order valence-corrected chi connectivity index (χ4v) is 2.87. The molecule has 0 saturated carbocycles. The summed E-state index contributed by atoms with van der Waals surface area (Å²) in [5.41, 5.74) is 2.86. The number of hydrogen-bond donors (Lipinski definition) is 0. The molecule has 3 rings (SSSR count). The van der Waals surface area contributed by atoms with Crippen LogP contribution in [0, 0.1) is 3.57 Å². The number of benzene rings is 1. The summed E-state index contributed by atoms with van der Waals surface area (Å²) in [4.78, 5) is 18.7. The molecule has 1 aliphatic heterocycles. The largest absolute Gasteiger partial charge is 0.334 e. The third-order valence-electron chi connectivity index (χ3n) is 3.42. The molecule has 2 heterocycles. The second-order valence-electron chi connectivity index (χ2n) is 4.71. The van der Waals surface area contributed by atoms with Gasteiger partial charge in [0.15, 0.2) is 0 Å². The van der Waals surface area contributed by atoms with Gasteiger partial charge in [-0.2, -0.15) is 0 Å². The Kier molecular flexibility index (Phi) is 3.94. The maximum absolute atomic E-state index is 12.5. The monoisotopic (exact) mass is 398 g/mol. The first-order chi connectivity index (χ1) is 9.65. The first-order valence-electron chi connectivity index (χ1n) is 6.32. The van der Waals surface area contributed by atoms with Crippen molar-refractivity contribution in [1.82, 2.24) is 9.88 Å². The van der Waals surface area contributed by atoms with Crippen LogP contribution in [-0.4, -0.2) is 22.3 Å². The predicted octanol–water partition coefficient (Wildman–Crippen LogP) is 3.54. The molecule has 0 saturated heterocycles. The molecule has 0 radical (unpaired) electrons. The van der Waals surface area contributed by atoms with E-state index in [4.69, 9.17) is 11.6 Å². The normalized spacial score (nSPS) is 14.0. The zero-order valence-electron chi connectivity index (χ0n) is 10.6. The molecule has 20 heavy (non-hydrogen) atoms. The van der Waals surface area contributed by atoms with Gasteiger partial charge in [0.25, 0.3) is 5.91 Å². The fraction of sp³-hybridized carbons (Fsp3) is 0.200. The Morgan fingerprint density at radius 3 is 3.00 bits per heavy atom. The van der Waals surface area contributed by atoms with Gasteiger partial charge < -0.3 is 4.90 Å². The Morgan fingerprint density at radius 2 is 2.20 bits per heavy atom. The van der Waals surface area contributed by atoms with Crippen LogP contribution in [0.5, 0.6) is 0 Å². The number of fused-ring (bicyclic) bond motifs is 1. The second kappa shape index (κ2) is 5.69. The smallest absolute Gasteiger partial charge is 0.254 e. The summed E-state index contributed by atoms with van der Waals surface area (Å²) in [5, 5.41) is 0.621. The molecule has 1 aliphatic rings. The van der Waals surface area contributed by atoms with Gasteiger partial charge in [0, 0.05) is 40.5 Å². The fourth-order valence-electron chi connectivity index (χ4n) is 2.35. The highest BCUT2D eigenvalue weighted by molar-refractivity contribution is 14.1. The predicted molar refractivity (Wildman–Crippen MR) is 86.9 cm³/mol. The third kappa shape index (κ3) is 2.67. The van der Waals surface area contributed by atoms with Crippen molar-refractivity contribution >= 4 is 40.1 Å². The number of pyridine rings is 1. The Bertz CT molecular complexity index is 675. The van der Waals surface area contributed by atoms with Crippen LogP contribution in [0.1, 0.15) is 21.6 Å². The number of halogens is 2. The molecule has 0 N–H and O–H groups in total. The lowest BCUT2D eigenvalue weighted by molar-refractivity contribution is 0.0733. The molecule has 0 bridgehead atoms. The van der Waals surface area contributed by atoms with Crippen LogP contribution in [0.25, 0.3) is 0 Å². The minimum Gasteiger partial charge on any atom is -0.334 e. The van der Waals surface area contributed by atoms with Crippen molar-refractivity contribution in [2.24, 2.45) is 0 Å². The number of amides is 1. The van der Waals surface area contributed by atoms with Crippen molar-refractivity contribution in [3.63, 3.8) is 0 Å². The number of carbonyl (C=O) groups excluding carboxylic acids is 1. The molecule has 1 amide bonds. The summed E-state index contributed by atoms with van der Waals surface area (Å²) in [5.74, 6) is 0.0257. The Morgan fingerprint density at radius 1 is 1.35 bits per heavy atom. The average molecular weight is 399 g/mol. The number of aromatic nitrogens is 1. The van der Waals surface area contributed by atoms with Crippen LogP contribution in [0.15, 0.2) is 36.5 Å². The van der Waals surface area contributed by atoms with Crippen LogP contribution in [0.2, 0.25) is 5.02 Å². The third-order valence-corrected chi connectivity index (χ3v) is 4.99. The first-order valence-corrected chi connectivity index (χ1v) is 7.78. The van der Waals surface area contributed by atoms with E-state index in [1.165, 1.54) is 0 Å². The van der Waals surface area contributed by atoms with Crippen LogP contribution in [0.4, 0.5) is 0 Å². The van der Waals surface area contributed by atoms with Crippen molar-refractivity contribution in [2.45, 2.75) is 13.0 Å². The highest BCUT2D eigenvalue weighted by Gasteiger charge is 2.22. The molecule has 3 nitrogen and oxygen atoms in total. The Balaban J connectivity index is 1.84.